The fourth-order valence-electron chi connectivity index (χ4n) is 2.13. The lowest BCUT2D eigenvalue weighted by Gasteiger charge is -2.34. The van der Waals surface area contributed by atoms with Gasteiger partial charge in [0, 0.05) is 5.54 Å². The summed E-state index contributed by atoms with van der Waals surface area (Å²) in [5.74, 6) is 0.148. The molecule has 4 heteroatoms. The molecule has 0 atom stereocenters. The maximum atomic E-state index is 12.1. The SMILES string of the molecule is Cc1ccc2c(c1C)NC(C)(C)CS2(=O)=O. The van der Waals surface area contributed by atoms with Crippen LogP contribution in [0.1, 0.15) is 25.0 Å². The average Bonchev–Trinajstić information content (AvgIpc) is 2.09. The zero-order valence-corrected chi connectivity index (χ0v) is 10.9. The maximum Gasteiger partial charge on any atom is 0.182 e. The van der Waals surface area contributed by atoms with E-state index in [-0.39, 0.29) is 5.75 Å². The first-order valence-corrected chi connectivity index (χ1v) is 6.99. The number of benzene rings is 1. The second-order valence-electron chi connectivity index (χ2n) is 5.15. The topological polar surface area (TPSA) is 46.2 Å². The monoisotopic (exact) mass is 239 g/mol. The molecule has 0 amide bonds. The summed E-state index contributed by atoms with van der Waals surface area (Å²) >= 11 is 0. The standard InChI is InChI=1S/C12H17NO2S/c1-8-5-6-10-11(9(8)2)13-12(3,4)7-16(10,14)15/h5-6,13H,7H2,1-4H3. The molecule has 2 rings (SSSR count). The highest BCUT2D eigenvalue weighted by Crippen LogP contribution is 2.36. The van der Waals surface area contributed by atoms with Crippen molar-refractivity contribution in [3.63, 3.8) is 0 Å². The van der Waals surface area contributed by atoms with E-state index in [4.69, 9.17) is 0 Å². The third-order valence-corrected chi connectivity index (χ3v) is 5.16. The number of aryl methyl sites for hydroxylation is 1. The van der Waals surface area contributed by atoms with Crippen LogP contribution >= 0.6 is 0 Å². The minimum atomic E-state index is -3.15. The van der Waals surface area contributed by atoms with Gasteiger partial charge in [0.25, 0.3) is 0 Å². The number of sulfone groups is 1. The molecule has 1 aromatic rings. The largest absolute Gasteiger partial charge is 0.378 e. The molecule has 0 fully saturated rings. The Morgan fingerprint density at radius 1 is 1.25 bits per heavy atom. The Balaban J connectivity index is 2.75. The Bertz CT molecular complexity index is 544. The lowest BCUT2D eigenvalue weighted by Crippen LogP contribution is -2.43. The zero-order chi connectivity index (χ0) is 12.1. The van der Waals surface area contributed by atoms with Crippen molar-refractivity contribution in [1.82, 2.24) is 0 Å². The van der Waals surface area contributed by atoms with E-state index in [1.54, 1.807) is 6.07 Å². The Kier molecular flexibility index (Phi) is 2.31. The van der Waals surface area contributed by atoms with Gasteiger partial charge in [0.1, 0.15) is 0 Å². The quantitative estimate of drug-likeness (QED) is 0.755. The van der Waals surface area contributed by atoms with Crippen molar-refractivity contribution >= 4 is 15.5 Å². The van der Waals surface area contributed by atoms with Crippen LogP contribution in [0.3, 0.4) is 0 Å². The van der Waals surface area contributed by atoms with Gasteiger partial charge in [-0.05, 0) is 44.9 Å². The normalized spacial score (nSPS) is 21.0. The van der Waals surface area contributed by atoms with Gasteiger partial charge in [-0.15, -0.1) is 0 Å². The van der Waals surface area contributed by atoms with Gasteiger partial charge in [0.2, 0.25) is 0 Å². The van der Waals surface area contributed by atoms with Crippen LogP contribution in [0.4, 0.5) is 5.69 Å². The second-order valence-corrected chi connectivity index (χ2v) is 7.11. The van der Waals surface area contributed by atoms with Gasteiger partial charge >= 0.3 is 0 Å². The Morgan fingerprint density at radius 3 is 2.50 bits per heavy atom. The average molecular weight is 239 g/mol. The molecule has 0 aliphatic carbocycles. The smallest absolute Gasteiger partial charge is 0.182 e. The Hall–Kier alpha value is -1.03. The summed E-state index contributed by atoms with van der Waals surface area (Å²) in [5, 5.41) is 3.32. The number of rotatable bonds is 0. The van der Waals surface area contributed by atoms with Crippen LogP contribution in [-0.4, -0.2) is 19.7 Å². The lowest BCUT2D eigenvalue weighted by molar-refractivity contribution is 0.555. The molecule has 0 bridgehead atoms. The van der Waals surface area contributed by atoms with Crippen molar-refractivity contribution in [2.45, 2.75) is 38.1 Å². The Morgan fingerprint density at radius 2 is 1.88 bits per heavy atom. The minimum Gasteiger partial charge on any atom is -0.378 e. The Labute approximate surface area is 96.8 Å². The van der Waals surface area contributed by atoms with Crippen molar-refractivity contribution in [3.8, 4) is 0 Å². The van der Waals surface area contributed by atoms with E-state index in [1.165, 1.54) is 0 Å². The summed E-state index contributed by atoms with van der Waals surface area (Å²) < 4.78 is 24.2. The molecule has 1 aliphatic rings. The summed E-state index contributed by atoms with van der Waals surface area (Å²) in [6, 6.07) is 3.57. The highest BCUT2D eigenvalue weighted by molar-refractivity contribution is 7.91. The molecule has 16 heavy (non-hydrogen) atoms. The highest BCUT2D eigenvalue weighted by atomic mass is 32.2. The van der Waals surface area contributed by atoms with E-state index in [2.05, 4.69) is 5.32 Å². The van der Waals surface area contributed by atoms with E-state index < -0.39 is 15.4 Å². The zero-order valence-electron chi connectivity index (χ0n) is 10.1. The van der Waals surface area contributed by atoms with Gasteiger partial charge in [-0.2, -0.15) is 0 Å². The number of hydrogen-bond acceptors (Lipinski definition) is 3. The van der Waals surface area contributed by atoms with Crippen LogP contribution in [0.2, 0.25) is 0 Å². The van der Waals surface area contributed by atoms with Gasteiger partial charge in [0.15, 0.2) is 9.84 Å². The van der Waals surface area contributed by atoms with Crippen LogP contribution in [0.5, 0.6) is 0 Å². The number of fused-ring (bicyclic) bond motifs is 1. The van der Waals surface area contributed by atoms with Crippen LogP contribution in [0.25, 0.3) is 0 Å². The molecule has 0 radical (unpaired) electrons. The summed E-state index contributed by atoms with van der Waals surface area (Å²) in [7, 11) is -3.15. The molecule has 1 heterocycles. The summed E-state index contributed by atoms with van der Waals surface area (Å²) in [6.07, 6.45) is 0. The first kappa shape index (κ1) is 11.5. The van der Waals surface area contributed by atoms with Crippen LogP contribution < -0.4 is 5.32 Å². The second kappa shape index (κ2) is 3.23. The fraction of sp³-hybridized carbons (Fsp3) is 0.500. The number of anilines is 1. The molecule has 0 unspecified atom stereocenters. The van der Waals surface area contributed by atoms with Crippen molar-refractivity contribution < 1.29 is 8.42 Å². The van der Waals surface area contributed by atoms with E-state index in [0.29, 0.717) is 4.90 Å². The van der Waals surface area contributed by atoms with Crippen molar-refractivity contribution in [3.05, 3.63) is 23.3 Å². The van der Waals surface area contributed by atoms with Gasteiger partial charge in [-0.3, -0.25) is 0 Å². The molecule has 1 aliphatic heterocycles. The van der Waals surface area contributed by atoms with Gasteiger partial charge in [-0.1, -0.05) is 6.07 Å². The fourth-order valence-corrected chi connectivity index (χ4v) is 4.10. The minimum absolute atomic E-state index is 0.148. The van der Waals surface area contributed by atoms with Gasteiger partial charge < -0.3 is 5.32 Å². The van der Waals surface area contributed by atoms with Crippen LogP contribution in [0, 0.1) is 13.8 Å². The summed E-state index contributed by atoms with van der Waals surface area (Å²) in [4.78, 5) is 0.440. The van der Waals surface area contributed by atoms with Crippen molar-refractivity contribution in [2.24, 2.45) is 0 Å². The van der Waals surface area contributed by atoms with Crippen LogP contribution in [0.15, 0.2) is 17.0 Å². The predicted molar refractivity (Wildman–Crippen MR) is 65.7 cm³/mol. The molecule has 3 nitrogen and oxygen atoms in total. The molecular formula is C12H17NO2S. The van der Waals surface area contributed by atoms with Crippen molar-refractivity contribution in [1.29, 1.82) is 0 Å². The van der Waals surface area contributed by atoms with Crippen molar-refractivity contribution in [2.75, 3.05) is 11.1 Å². The van der Waals surface area contributed by atoms with Gasteiger partial charge in [-0.25, -0.2) is 8.42 Å². The van der Waals surface area contributed by atoms with Crippen LogP contribution in [-0.2, 0) is 9.84 Å². The molecule has 0 aromatic heterocycles. The number of hydrogen-bond donors (Lipinski definition) is 1. The summed E-state index contributed by atoms with van der Waals surface area (Å²) in [6.45, 7) is 7.77. The number of nitrogens with one attached hydrogen (secondary N) is 1. The molecule has 0 spiro atoms. The third-order valence-electron chi connectivity index (χ3n) is 3.05. The molecule has 1 aromatic carbocycles. The third kappa shape index (κ3) is 1.71. The van der Waals surface area contributed by atoms with E-state index >= 15 is 0 Å². The molecular weight excluding hydrogens is 222 g/mol. The highest BCUT2D eigenvalue weighted by Gasteiger charge is 2.35. The first-order chi connectivity index (χ1) is 7.23. The summed E-state index contributed by atoms with van der Waals surface area (Å²) in [5.41, 5.74) is 2.51. The first-order valence-electron chi connectivity index (χ1n) is 5.34. The van der Waals surface area contributed by atoms with Gasteiger partial charge in [0.05, 0.1) is 16.3 Å². The molecule has 88 valence electrons. The van der Waals surface area contributed by atoms with E-state index in [1.807, 2.05) is 33.8 Å². The van der Waals surface area contributed by atoms with E-state index in [0.717, 1.165) is 16.8 Å². The van der Waals surface area contributed by atoms with E-state index in [9.17, 15) is 8.42 Å². The molecule has 1 N–H and O–H groups in total. The predicted octanol–water partition coefficient (Wildman–Crippen LogP) is 2.28. The lowest BCUT2D eigenvalue weighted by atomic mass is 10.0. The molecule has 0 saturated carbocycles. The molecule has 0 saturated heterocycles. The maximum absolute atomic E-state index is 12.1.